The quantitative estimate of drug-likeness (QED) is 0.232. The lowest BCUT2D eigenvalue weighted by Gasteiger charge is -2.21. The molecule has 0 aromatic heterocycles. The first-order valence-electron chi connectivity index (χ1n) is 13.4. The van der Waals surface area contributed by atoms with E-state index in [-0.39, 0.29) is 0 Å². The molecule has 0 heterocycles. The number of hydrogen-bond acceptors (Lipinski definition) is 4. The highest BCUT2D eigenvalue weighted by atomic mass is 16.5. The molecule has 0 aliphatic heterocycles. The van der Waals surface area contributed by atoms with E-state index < -0.39 is 0 Å². The van der Waals surface area contributed by atoms with Crippen LogP contribution in [0.3, 0.4) is 0 Å². The summed E-state index contributed by atoms with van der Waals surface area (Å²) in [6, 6.07) is 0.570. The SMILES string of the molecule is CC(C)CCC(CNC(C)C)COC(C)C.CC(C)CCC(COC(C)C)COC(C)C. The Bertz CT molecular complexity index is 288. The van der Waals surface area contributed by atoms with Gasteiger partial charge >= 0.3 is 0 Å². The summed E-state index contributed by atoms with van der Waals surface area (Å²) in [7, 11) is 0. The Hall–Kier alpha value is -0.160. The van der Waals surface area contributed by atoms with Crippen LogP contribution in [0, 0.1) is 23.7 Å². The standard InChI is InChI=1S/C14H31NO.C14H30O2/c2*1-11(2)7-8-14(9-15-12(3)4)10-16-13(5)6/h11-15H,7-10H2,1-6H3;11-14H,7-10H2,1-6H3. The van der Waals surface area contributed by atoms with Crippen LogP contribution in [-0.2, 0) is 14.2 Å². The van der Waals surface area contributed by atoms with Crippen LogP contribution in [0.25, 0.3) is 0 Å². The van der Waals surface area contributed by atoms with Crippen molar-refractivity contribution in [3.05, 3.63) is 0 Å². The fraction of sp³-hybridized carbons (Fsp3) is 1.00. The molecule has 0 saturated carbocycles. The zero-order valence-corrected chi connectivity index (χ0v) is 24.0. The van der Waals surface area contributed by atoms with Gasteiger partial charge in [-0.2, -0.15) is 0 Å². The van der Waals surface area contributed by atoms with Gasteiger partial charge in [0.2, 0.25) is 0 Å². The van der Waals surface area contributed by atoms with Crippen LogP contribution < -0.4 is 5.32 Å². The Morgan fingerprint density at radius 3 is 1.12 bits per heavy atom. The molecule has 0 fully saturated rings. The van der Waals surface area contributed by atoms with Gasteiger partial charge in [0.15, 0.2) is 0 Å². The van der Waals surface area contributed by atoms with Gasteiger partial charge in [0.1, 0.15) is 0 Å². The minimum Gasteiger partial charge on any atom is -0.378 e. The fourth-order valence-electron chi connectivity index (χ4n) is 2.99. The molecule has 0 amide bonds. The Morgan fingerprint density at radius 1 is 0.469 bits per heavy atom. The lowest BCUT2D eigenvalue weighted by atomic mass is 9.98. The molecule has 0 aliphatic rings. The maximum absolute atomic E-state index is 5.73. The monoisotopic (exact) mass is 459 g/mol. The van der Waals surface area contributed by atoms with E-state index in [1.54, 1.807) is 0 Å². The summed E-state index contributed by atoms with van der Waals surface area (Å²) in [5, 5.41) is 3.51. The molecule has 0 bridgehead atoms. The average molecular weight is 460 g/mol. The summed E-state index contributed by atoms with van der Waals surface area (Å²) in [6.45, 7) is 29.7. The van der Waals surface area contributed by atoms with Crippen molar-refractivity contribution in [3.63, 3.8) is 0 Å². The van der Waals surface area contributed by atoms with E-state index in [2.05, 4.69) is 88.4 Å². The zero-order valence-electron chi connectivity index (χ0n) is 24.0. The second-order valence-corrected chi connectivity index (χ2v) is 11.4. The largest absolute Gasteiger partial charge is 0.378 e. The summed E-state index contributed by atoms with van der Waals surface area (Å²) < 4.78 is 17.1. The van der Waals surface area contributed by atoms with Crippen LogP contribution in [0.2, 0.25) is 0 Å². The van der Waals surface area contributed by atoms with Gasteiger partial charge in [-0.05, 0) is 72.1 Å². The maximum atomic E-state index is 5.73. The van der Waals surface area contributed by atoms with E-state index in [4.69, 9.17) is 14.2 Å². The van der Waals surface area contributed by atoms with Gasteiger partial charge in [-0.25, -0.2) is 0 Å². The van der Waals surface area contributed by atoms with E-state index >= 15 is 0 Å². The molecule has 196 valence electrons. The number of nitrogens with one attached hydrogen (secondary N) is 1. The Kier molecular flexibility index (Phi) is 22.7. The molecule has 1 atom stereocenters. The topological polar surface area (TPSA) is 39.7 Å². The lowest BCUT2D eigenvalue weighted by molar-refractivity contribution is -0.00701. The average Bonchev–Trinajstić information content (AvgIpc) is 2.66. The van der Waals surface area contributed by atoms with E-state index in [0.717, 1.165) is 38.2 Å². The highest BCUT2D eigenvalue weighted by Gasteiger charge is 2.13. The zero-order chi connectivity index (χ0) is 25.1. The second-order valence-electron chi connectivity index (χ2n) is 11.4. The molecule has 0 aliphatic carbocycles. The maximum Gasteiger partial charge on any atom is 0.0519 e. The fourth-order valence-corrected chi connectivity index (χ4v) is 2.99. The van der Waals surface area contributed by atoms with Crippen molar-refractivity contribution in [1.82, 2.24) is 5.32 Å². The van der Waals surface area contributed by atoms with Gasteiger partial charge in [-0.3, -0.25) is 0 Å². The van der Waals surface area contributed by atoms with Crippen molar-refractivity contribution in [2.24, 2.45) is 23.7 Å². The van der Waals surface area contributed by atoms with E-state index in [1.165, 1.54) is 25.7 Å². The van der Waals surface area contributed by atoms with Gasteiger partial charge in [0, 0.05) is 18.5 Å². The van der Waals surface area contributed by atoms with Crippen molar-refractivity contribution >= 4 is 0 Å². The molecule has 0 aromatic rings. The second kappa shape index (κ2) is 21.4. The van der Waals surface area contributed by atoms with Crippen molar-refractivity contribution in [1.29, 1.82) is 0 Å². The first kappa shape index (κ1) is 34.0. The first-order valence-corrected chi connectivity index (χ1v) is 13.4. The van der Waals surface area contributed by atoms with E-state index in [9.17, 15) is 0 Å². The minimum absolute atomic E-state index is 0.320. The Balaban J connectivity index is 0. The van der Waals surface area contributed by atoms with Crippen LogP contribution >= 0.6 is 0 Å². The molecule has 1 unspecified atom stereocenters. The van der Waals surface area contributed by atoms with E-state index in [0.29, 0.717) is 36.2 Å². The van der Waals surface area contributed by atoms with Crippen LogP contribution in [0.5, 0.6) is 0 Å². The Morgan fingerprint density at radius 2 is 0.812 bits per heavy atom. The summed E-state index contributed by atoms with van der Waals surface area (Å²) in [6.07, 6.45) is 6.02. The minimum atomic E-state index is 0.320. The van der Waals surface area contributed by atoms with Crippen molar-refractivity contribution in [2.45, 2.75) is 133 Å². The summed E-state index contributed by atoms with van der Waals surface area (Å²) in [5.74, 6) is 2.76. The summed E-state index contributed by atoms with van der Waals surface area (Å²) in [4.78, 5) is 0. The van der Waals surface area contributed by atoms with Crippen LogP contribution in [0.1, 0.15) is 109 Å². The summed E-state index contributed by atoms with van der Waals surface area (Å²) >= 11 is 0. The first-order chi connectivity index (χ1) is 14.8. The third-order valence-corrected chi connectivity index (χ3v) is 5.12. The predicted molar refractivity (Wildman–Crippen MR) is 142 cm³/mol. The van der Waals surface area contributed by atoms with Crippen molar-refractivity contribution < 1.29 is 14.2 Å². The Labute approximate surface area is 202 Å². The normalized spacial score (nSPS) is 13.2. The van der Waals surface area contributed by atoms with Crippen LogP contribution in [-0.4, -0.2) is 50.7 Å². The third kappa shape index (κ3) is 27.9. The lowest BCUT2D eigenvalue weighted by Crippen LogP contribution is -2.31. The molecule has 1 N–H and O–H groups in total. The van der Waals surface area contributed by atoms with E-state index in [1.807, 2.05) is 0 Å². The predicted octanol–water partition coefficient (Wildman–Crippen LogP) is 7.35. The van der Waals surface area contributed by atoms with Crippen molar-refractivity contribution in [2.75, 3.05) is 26.4 Å². The molecule has 4 nitrogen and oxygen atoms in total. The molecule has 32 heavy (non-hydrogen) atoms. The van der Waals surface area contributed by atoms with Crippen LogP contribution in [0.15, 0.2) is 0 Å². The molecule has 0 aromatic carbocycles. The highest BCUT2D eigenvalue weighted by Crippen LogP contribution is 2.15. The van der Waals surface area contributed by atoms with Crippen LogP contribution in [0.4, 0.5) is 0 Å². The molecule has 4 heteroatoms. The molecule has 0 spiro atoms. The molecule has 0 saturated heterocycles. The number of hydrogen-bond donors (Lipinski definition) is 1. The smallest absolute Gasteiger partial charge is 0.0519 e. The van der Waals surface area contributed by atoms with Gasteiger partial charge in [-0.1, -0.05) is 54.4 Å². The number of rotatable bonds is 18. The van der Waals surface area contributed by atoms with Gasteiger partial charge in [-0.15, -0.1) is 0 Å². The molecular weight excluding hydrogens is 398 g/mol. The number of ether oxygens (including phenoxy) is 3. The third-order valence-electron chi connectivity index (χ3n) is 5.12. The van der Waals surface area contributed by atoms with Crippen molar-refractivity contribution in [3.8, 4) is 0 Å². The molecule has 0 radical (unpaired) electrons. The van der Waals surface area contributed by atoms with Gasteiger partial charge < -0.3 is 19.5 Å². The molecular formula is C28H61NO3. The molecule has 0 rings (SSSR count). The van der Waals surface area contributed by atoms with Gasteiger partial charge in [0.05, 0.1) is 38.1 Å². The van der Waals surface area contributed by atoms with Gasteiger partial charge in [0.25, 0.3) is 0 Å². The highest BCUT2D eigenvalue weighted by molar-refractivity contribution is 4.66. The summed E-state index contributed by atoms with van der Waals surface area (Å²) in [5.41, 5.74) is 0.